The van der Waals surface area contributed by atoms with Crippen LogP contribution in [-0.4, -0.2) is 60.5 Å². The Hall–Kier alpha value is -2.84. The van der Waals surface area contributed by atoms with Crippen molar-refractivity contribution in [1.82, 2.24) is 15.1 Å². The summed E-state index contributed by atoms with van der Waals surface area (Å²) >= 11 is 0. The number of rotatable bonds is 4. The third kappa shape index (κ3) is 3.80. The maximum atomic E-state index is 14.0. The van der Waals surface area contributed by atoms with Gasteiger partial charge in [0.2, 0.25) is 0 Å². The zero-order chi connectivity index (χ0) is 20.5. The van der Waals surface area contributed by atoms with Crippen molar-refractivity contribution < 1.29 is 13.5 Å². The van der Waals surface area contributed by atoms with Gasteiger partial charge < -0.3 is 15.0 Å². The molecule has 2 fully saturated rings. The minimum Gasteiger partial charge on any atom is -0.379 e. The van der Waals surface area contributed by atoms with Gasteiger partial charge in [0, 0.05) is 55.4 Å². The molecule has 2 saturated heterocycles. The van der Waals surface area contributed by atoms with Crippen molar-refractivity contribution >= 4 is 22.3 Å². The Kier molecular flexibility index (Phi) is 5.18. The summed E-state index contributed by atoms with van der Waals surface area (Å²) < 4.78 is 32.8. The van der Waals surface area contributed by atoms with Crippen LogP contribution in [0.15, 0.2) is 42.6 Å². The van der Waals surface area contributed by atoms with Crippen LogP contribution in [0.3, 0.4) is 0 Å². The number of morpholine rings is 1. The largest absolute Gasteiger partial charge is 0.379 e. The first kappa shape index (κ1) is 19.1. The van der Waals surface area contributed by atoms with E-state index in [0.29, 0.717) is 11.6 Å². The van der Waals surface area contributed by atoms with Gasteiger partial charge in [0.15, 0.2) is 0 Å². The second-order valence-corrected chi connectivity index (χ2v) is 7.76. The quantitative estimate of drug-likeness (QED) is 0.712. The summed E-state index contributed by atoms with van der Waals surface area (Å²) in [5, 5.41) is 12.4. The summed E-state index contributed by atoms with van der Waals surface area (Å²) in [5.41, 5.74) is 3.05. The number of fused-ring (bicyclic) bond motifs is 2. The predicted molar refractivity (Wildman–Crippen MR) is 112 cm³/mol. The van der Waals surface area contributed by atoms with Crippen LogP contribution in [0.4, 0.5) is 20.2 Å². The molecule has 1 unspecified atom stereocenters. The van der Waals surface area contributed by atoms with Crippen LogP contribution >= 0.6 is 0 Å². The standard InChI is InChI=1S/C22H23F2N5O/c23-16-2-1-15(20(24)9-16)11-25-22-12-26-27-21-4-3-17(10-19(21)22)29-6-5-28-7-8-30-14-18(28)13-29/h1-4,9-10,12,18H,5-8,11,13-14H2,(H,25,27). The molecule has 0 spiro atoms. The topological polar surface area (TPSA) is 53.5 Å². The number of hydrogen-bond donors (Lipinski definition) is 1. The number of ether oxygens (including phenoxy) is 1. The lowest BCUT2D eigenvalue weighted by molar-refractivity contribution is -0.0116. The third-order valence-electron chi connectivity index (χ3n) is 5.91. The molecule has 30 heavy (non-hydrogen) atoms. The zero-order valence-corrected chi connectivity index (χ0v) is 16.5. The number of halogens is 2. The number of nitrogens with zero attached hydrogens (tertiary/aromatic N) is 4. The number of hydrogen-bond acceptors (Lipinski definition) is 6. The Bertz CT molecular complexity index is 1060. The van der Waals surface area contributed by atoms with Crippen molar-refractivity contribution in [3.63, 3.8) is 0 Å². The Morgan fingerprint density at radius 3 is 2.93 bits per heavy atom. The summed E-state index contributed by atoms with van der Waals surface area (Å²) in [6.45, 7) is 5.72. The van der Waals surface area contributed by atoms with Gasteiger partial charge in [-0.25, -0.2) is 8.78 Å². The number of piperazine rings is 1. The van der Waals surface area contributed by atoms with Gasteiger partial charge in [0.1, 0.15) is 11.6 Å². The molecular formula is C22H23F2N5O. The molecule has 3 aromatic rings. The Labute approximate surface area is 173 Å². The first-order chi connectivity index (χ1) is 14.7. The van der Waals surface area contributed by atoms with Gasteiger partial charge in [-0.15, -0.1) is 0 Å². The van der Waals surface area contributed by atoms with Crippen LogP contribution in [-0.2, 0) is 11.3 Å². The summed E-state index contributed by atoms with van der Waals surface area (Å²) in [7, 11) is 0. The normalized spacial score (nSPS) is 19.7. The van der Waals surface area contributed by atoms with Gasteiger partial charge in [0.05, 0.1) is 36.7 Å². The summed E-state index contributed by atoms with van der Waals surface area (Å²) in [5.74, 6) is -1.15. The van der Waals surface area contributed by atoms with E-state index in [0.717, 1.165) is 67.7 Å². The van der Waals surface area contributed by atoms with Gasteiger partial charge in [-0.1, -0.05) is 6.07 Å². The number of anilines is 2. The highest BCUT2D eigenvalue weighted by molar-refractivity contribution is 5.92. The first-order valence-corrected chi connectivity index (χ1v) is 10.2. The monoisotopic (exact) mass is 411 g/mol. The lowest BCUT2D eigenvalue weighted by atomic mass is 10.1. The highest BCUT2D eigenvalue weighted by Crippen LogP contribution is 2.28. The van der Waals surface area contributed by atoms with E-state index in [1.807, 2.05) is 6.07 Å². The summed E-state index contributed by atoms with van der Waals surface area (Å²) in [6.07, 6.45) is 1.64. The van der Waals surface area contributed by atoms with Gasteiger partial charge in [-0.2, -0.15) is 10.2 Å². The fourth-order valence-electron chi connectivity index (χ4n) is 4.22. The van der Waals surface area contributed by atoms with Crippen molar-refractivity contribution in [1.29, 1.82) is 0 Å². The SMILES string of the molecule is Fc1ccc(CNc2cnnc3ccc(N4CCN5CCOCC5C4)cc23)c(F)c1. The summed E-state index contributed by atoms with van der Waals surface area (Å²) in [6, 6.07) is 10.2. The molecule has 3 heterocycles. The van der Waals surface area contributed by atoms with Gasteiger partial charge in [-0.05, 0) is 24.3 Å². The molecule has 0 saturated carbocycles. The van der Waals surface area contributed by atoms with Gasteiger partial charge >= 0.3 is 0 Å². The van der Waals surface area contributed by atoms with Crippen molar-refractivity contribution in [2.45, 2.75) is 12.6 Å². The maximum Gasteiger partial charge on any atom is 0.131 e. The van der Waals surface area contributed by atoms with Crippen LogP contribution in [0.2, 0.25) is 0 Å². The average molecular weight is 411 g/mol. The van der Waals surface area contributed by atoms with E-state index < -0.39 is 11.6 Å². The van der Waals surface area contributed by atoms with Crippen molar-refractivity contribution in [3.8, 4) is 0 Å². The fraction of sp³-hybridized carbons (Fsp3) is 0.364. The Morgan fingerprint density at radius 2 is 2.03 bits per heavy atom. The van der Waals surface area contributed by atoms with E-state index in [1.165, 1.54) is 12.1 Å². The van der Waals surface area contributed by atoms with Crippen LogP contribution in [0.5, 0.6) is 0 Å². The average Bonchev–Trinajstić information content (AvgIpc) is 2.78. The third-order valence-corrected chi connectivity index (χ3v) is 5.91. The van der Waals surface area contributed by atoms with Crippen LogP contribution < -0.4 is 10.2 Å². The lowest BCUT2D eigenvalue weighted by Gasteiger charge is -2.44. The molecule has 2 aliphatic heterocycles. The summed E-state index contributed by atoms with van der Waals surface area (Å²) in [4.78, 5) is 4.87. The predicted octanol–water partition coefficient (Wildman–Crippen LogP) is 3.04. The van der Waals surface area contributed by atoms with E-state index in [4.69, 9.17) is 4.74 Å². The molecule has 8 heteroatoms. The first-order valence-electron chi connectivity index (χ1n) is 10.2. The fourth-order valence-corrected chi connectivity index (χ4v) is 4.22. The Balaban J connectivity index is 1.38. The molecule has 2 aliphatic rings. The molecule has 5 rings (SSSR count). The molecule has 6 nitrogen and oxygen atoms in total. The Morgan fingerprint density at radius 1 is 1.10 bits per heavy atom. The number of aromatic nitrogens is 2. The molecule has 1 atom stereocenters. The molecule has 2 aromatic carbocycles. The van der Waals surface area contributed by atoms with Crippen molar-refractivity contribution in [3.05, 3.63) is 59.8 Å². The molecule has 0 radical (unpaired) electrons. The highest BCUT2D eigenvalue weighted by Gasteiger charge is 2.29. The molecule has 0 aliphatic carbocycles. The molecule has 0 amide bonds. The lowest BCUT2D eigenvalue weighted by Crippen LogP contribution is -2.58. The van der Waals surface area contributed by atoms with E-state index >= 15 is 0 Å². The van der Waals surface area contributed by atoms with E-state index in [1.54, 1.807) is 6.20 Å². The second-order valence-electron chi connectivity index (χ2n) is 7.76. The highest BCUT2D eigenvalue weighted by atomic mass is 19.1. The van der Waals surface area contributed by atoms with Gasteiger partial charge in [-0.3, -0.25) is 4.90 Å². The molecule has 156 valence electrons. The minimum absolute atomic E-state index is 0.231. The zero-order valence-electron chi connectivity index (χ0n) is 16.5. The second kappa shape index (κ2) is 8.12. The number of benzene rings is 2. The van der Waals surface area contributed by atoms with E-state index in [-0.39, 0.29) is 6.54 Å². The smallest absolute Gasteiger partial charge is 0.131 e. The van der Waals surface area contributed by atoms with Crippen LogP contribution in [0.25, 0.3) is 10.9 Å². The van der Waals surface area contributed by atoms with E-state index in [2.05, 4.69) is 37.4 Å². The number of nitrogens with one attached hydrogen (secondary N) is 1. The molecule has 1 N–H and O–H groups in total. The maximum absolute atomic E-state index is 14.0. The van der Waals surface area contributed by atoms with Crippen LogP contribution in [0, 0.1) is 11.6 Å². The van der Waals surface area contributed by atoms with Crippen molar-refractivity contribution in [2.75, 3.05) is 49.6 Å². The van der Waals surface area contributed by atoms with Crippen LogP contribution in [0.1, 0.15) is 5.56 Å². The minimum atomic E-state index is -0.583. The van der Waals surface area contributed by atoms with E-state index in [9.17, 15) is 8.78 Å². The van der Waals surface area contributed by atoms with Gasteiger partial charge in [0.25, 0.3) is 0 Å². The molecular weight excluding hydrogens is 388 g/mol. The van der Waals surface area contributed by atoms with Crippen molar-refractivity contribution in [2.24, 2.45) is 0 Å². The molecule has 0 bridgehead atoms. The molecule has 1 aromatic heterocycles.